The van der Waals surface area contributed by atoms with E-state index in [0.717, 1.165) is 0 Å². The standard InChI is InChI=1S/C14H13N3O4S/c1-19-12-7-9(8-16-17-14(15)22)4-5-10(12)21-13(18)11-3-2-6-20-11/h2-8H,1H3,(H3,15,17,22). The number of thiocarbonyl (C=S) groups is 1. The first kappa shape index (κ1) is 15.5. The van der Waals surface area contributed by atoms with Gasteiger partial charge < -0.3 is 19.6 Å². The Kier molecular flexibility index (Phi) is 5.10. The predicted octanol–water partition coefficient (Wildman–Crippen LogP) is 1.67. The van der Waals surface area contributed by atoms with Gasteiger partial charge in [-0.25, -0.2) is 4.79 Å². The zero-order valence-corrected chi connectivity index (χ0v) is 12.4. The number of rotatable bonds is 5. The third-order valence-electron chi connectivity index (χ3n) is 2.50. The summed E-state index contributed by atoms with van der Waals surface area (Å²) < 4.78 is 15.4. The van der Waals surface area contributed by atoms with Crippen molar-refractivity contribution in [2.45, 2.75) is 0 Å². The first-order chi connectivity index (χ1) is 10.6. The summed E-state index contributed by atoms with van der Waals surface area (Å²) in [5, 5.41) is 3.89. The lowest BCUT2D eigenvalue weighted by Crippen LogP contribution is -2.23. The molecule has 8 heteroatoms. The SMILES string of the molecule is COc1cc(C=NNC(N)=S)ccc1OC(=O)c1ccco1. The molecule has 1 aromatic heterocycles. The molecule has 0 aliphatic carbocycles. The first-order valence-electron chi connectivity index (χ1n) is 6.12. The molecule has 0 spiro atoms. The summed E-state index contributed by atoms with van der Waals surface area (Å²) in [4.78, 5) is 11.8. The van der Waals surface area contributed by atoms with Gasteiger partial charge in [0.25, 0.3) is 0 Å². The second kappa shape index (κ2) is 7.23. The molecule has 114 valence electrons. The number of benzene rings is 1. The van der Waals surface area contributed by atoms with Gasteiger partial charge in [0.15, 0.2) is 16.6 Å². The van der Waals surface area contributed by atoms with Gasteiger partial charge >= 0.3 is 5.97 Å². The number of furan rings is 1. The molecule has 0 bridgehead atoms. The molecule has 0 fully saturated rings. The Morgan fingerprint density at radius 2 is 2.23 bits per heavy atom. The number of carbonyl (C=O) groups is 1. The third kappa shape index (κ3) is 4.06. The fourth-order valence-corrected chi connectivity index (χ4v) is 1.62. The molecule has 1 aromatic carbocycles. The Hall–Kier alpha value is -2.87. The molecule has 0 amide bonds. The van der Waals surface area contributed by atoms with Gasteiger partial charge in [-0.15, -0.1) is 0 Å². The van der Waals surface area contributed by atoms with Crippen molar-refractivity contribution in [3.63, 3.8) is 0 Å². The molecule has 0 saturated carbocycles. The van der Waals surface area contributed by atoms with E-state index in [9.17, 15) is 4.79 Å². The lowest BCUT2D eigenvalue weighted by atomic mass is 10.2. The summed E-state index contributed by atoms with van der Waals surface area (Å²) in [6.45, 7) is 0. The molecule has 0 radical (unpaired) electrons. The van der Waals surface area contributed by atoms with Gasteiger partial charge in [0.1, 0.15) is 0 Å². The minimum Gasteiger partial charge on any atom is -0.493 e. The molecule has 1 heterocycles. The summed E-state index contributed by atoms with van der Waals surface area (Å²) >= 11 is 4.63. The monoisotopic (exact) mass is 319 g/mol. The fraction of sp³-hybridized carbons (Fsp3) is 0.0714. The largest absolute Gasteiger partial charge is 0.493 e. The zero-order valence-electron chi connectivity index (χ0n) is 11.6. The molecule has 2 aromatic rings. The van der Waals surface area contributed by atoms with Crippen molar-refractivity contribution in [2.24, 2.45) is 10.8 Å². The Balaban J connectivity index is 2.14. The Bertz CT molecular complexity index is 698. The van der Waals surface area contributed by atoms with E-state index in [2.05, 4.69) is 22.7 Å². The average molecular weight is 319 g/mol. The summed E-state index contributed by atoms with van der Waals surface area (Å²) in [5.41, 5.74) is 8.40. The van der Waals surface area contributed by atoms with Crippen LogP contribution >= 0.6 is 12.2 Å². The van der Waals surface area contributed by atoms with Crippen molar-refractivity contribution in [3.05, 3.63) is 47.9 Å². The van der Waals surface area contributed by atoms with Gasteiger partial charge in [-0.05, 0) is 48.1 Å². The van der Waals surface area contributed by atoms with Crippen LogP contribution < -0.4 is 20.6 Å². The molecule has 3 N–H and O–H groups in total. The van der Waals surface area contributed by atoms with E-state index in [1.54, 1.807) is 24.3 Å². The van der Waals surface area contributed by atoms with Crippen LogP contribution in [0.25, 0.3) is 0 Å². The topological polar surface area (TPSA) is 99.1 Å². The van der Waals surface area contributed by atoms with E-state index in [-0.39, 0.29) is 16.6 Å². The molecular weight excluding hydrogens is 306 g/mol. The minimum absolute atomic E-state index is 0.0622. The van der Waals surface area contributed by atoms with E-state index in [1.807, 2.05) is 0 Å². The van der Waals surface area contributed by atoms with Crippen LogP contribution in [0.4, 0.5) is 0 Å². The summed E-state index contributed by atoms with van der Waals surface area (Å²) in [5.74, 6) is 0.135. The van der Waals surface area contributed by atoms with Gasteiger partial charge in [-0.3, -0.25) is 5.43 Å². The van der Waals surface area contributed by atoms with E-state index >= 15 is 0 Å². The number of nitrogens with one attached hydrogen (secondary N) is 1. The summed E-state index contributed by atoms with van der Waals surface area (Å²) in [7, 11) is 1.47. The van der Waals surface area contributed by atoms with Gasteiger partial charge in [0, 0.05) is 0 Å². The van der Waals surface area contributed by atoms with E-state index in [1.165, 1.54) is 25.7 Å². The van der Waals surface area contributed by atoms with Crippen LogP contribution in [-0.4, -0.2) is 24.4 Å². The molecular formula is C14H13N3O4S. The lowest BCUT2D eigenvalue weighted by molar-refractivity contribution is 0.0696. The third-order valence-corrected chi connectivity index (χ3v) is 2.59. The Morgan fingerprint density at radius 3 is 2.86 bits per heavy atom. The quantitative estimate of drug-likeness (QED) is 0.284. The molecule has 0 saturated heterocycles. The molecule has 2 rings (SSSR count). The average Bonchev–Trinajstić information content (AvgIpc) is 3.02. The van der Waals surface area contributed by atoms with Crippen LogP contribution in [0.15, 0.2) is 46.1 Å². The van der Waals surface area contributed by atoms with E-state index in [4.69, 9.17) is 19.6 Å². The maximum atomic E-state index is 11.8. The van der Waals surface area contributed by atoms with Crippen molar-refractivity contribution in [2.75, 3.05) is 7.11 Å². The highest BCUT2D eigenvalue weighted by Crippen LogP contribution is 2.28. The molecule has 0 aliphatic heterocycles. The van der Waals surface area contributed by atoms with Crippen molar-refractivity contribution < 1.29 is 18.7 Å². The van der Waals surface area contributed by atoms with Crippen molar-refractivity contribution in [3.8, 4) is 11.5 Å². The van der Waals surface area contributed by atoms with Gasteiger partial charge in [-0.2, -0.15) is 5.10 Å². The van der Waals surface area contributed by atoms with E-state index in [0.29, 0.717) is 11.3 Å². The number of nitrogens with two attached hydrogens (primary N) is 1. The maximum absolute atomic E-state index is 11.8. The maximum Gasteiger partial charge on any atom is 0.379 e. The van der Waals surface area contributed by atoms with Crippen LogP contribution in [0.3, 0.4) is 0 Å². The van der Waals surface area contributed by atoms with Crippen LogP contribution in [0.1, 0.15) is 16.1 Å². The zero-order chi connectivity index (χ0) is 15.9. The van der Waals surface area contributed by atoms with E-state index < -0.39 is 5.97 Å². The van der Waals surface area contributed by atoms with Crippen molar-refractivity contribution in [1.29, 1.82) is 0 Å². The van der Waals surface area contributed by atoms with Crippen molar-refractivity contribution >= 4 is 29.5 Å². The second-order valence-electron chi connectivity index (χ2n) is 4.01. The number of carbonyl (C=O) groups excluding carboxylic acids is 1. The molecule has 22 heavy (non-hydrogen) atoms. The Morgan fingerprint density at radius 1 is 1.41 bits per heavy atom. The van der Waals surface area contributed by atoms with Crippen LogP contribution in [0.2, 0.25) is 0 Å². The minimum atomic E-state index is -0.611. The highest BCUT2D eigenvalue weighted by Gasteiger charge is 2.14. The molecule has 0 aliphatic rings. The van der Waals surface area contributed by atoms with Gasteiger partial charge in [-0.1, -0.05) is 0 Å². The van der Waals surface area contributed by atoms with Crippen molar-refractivity contribution in [1.82, 2.24) is 5.43 Å². The van der Waals surface area contributed by atoms with Crippen LogP contribution in [-0.2, 0) is 0 Å². The smallest absolute Gasteiger partial charge is 0.379 e. The highest BCUT2D eigenvalue weighted by molar-refractivity contribution is 7.80. The second-order valence-corrected chi connectivity index (χ2v) is 4.45. The van der Waals surface area contributed by atoms with Gasteiger partial charge in [0.05, 0.1) is 19.6 Å². The fourth-order valence-electron chi connectivity index (χ4n) is 1.56. The van der Waals surface area contributed by atoms with Crippen LogP contribution in [0, 0.1) is 0 Å². The molecule has 0 unspecified atom stereocenters. The highest BCUT2D eigenvalue weighted by atomic mass is 32.1. The number of ether oxygens (including phenoxy) is 2. The summed E-state index contributed by atoms with van der Waals surface area (Å²) in [6.07, 6.45) is 2.89. The number of hydrogen-bond acceptors (Lipinski definition) is 6. The number of hydrazone groups is 1. The molecule has 7 nitrogen and oxygen atoms in total. The predicted molar refractivity (Wildman–Crippen MR) is 84.2 cm³/mol. The lowest BCUT2D eigenvalue weighted by Gasteiger charge is -2.08. The number of methoxy groups -OCH3 is 1. The first-order valence-corrected chi connectivity index (χ1v) is 6.53. The van der Waals surface area contributed by atoms with Crippen LogP contribution in [0.5, 0.6) is 11.5 Å². The summed E-state index contributed by atoms with van der Waals surface area (Å²) in [6, 6.07) is 8.04. The Labute approximate surface area is 131 Å². The number of hydrogen-bond donors (Lipinski definition) is 2. The van der Waals surface area contributed by atoms with Gasteiger partial charge in [0.2, 0.25) is 5.76 Å². The number of nitrogens with zero attached hydrogens (tertiary/aromatic N) is 1. The normalized spacial score (nSPS) is 10.4. The molecule has 0 atom stereocenters. The number of esters is 1.